The number of anilines is 1. The van der Waals surface area contributed by atoms with Gasteiger partial charge in [-0.3, -0.25) is 4.79 Å². The smallest absolute Gasteiger partial charge is 0.250 e. The first-order chi connectivity index (χ1) is 6.63. The molecule has 1 amide bonds. The maximum absolute atomic E-state index is 11.1. The van der Waals surface area contributed by atoms with Crippen molar-refractivity contribution >= 4 is 39.1 Å². The van der Waals surface area contributed by atoms with Crippen molar-refractivity contribution in [2.45, 2.75) is 0 Å². The Morgan fingerprint density at radius 2 is 2.50 bits per heavy atom. The van der Waals surface area contributed by atoms with Crippen LogP contribution in [0.3, 0.4) is 0 Å². The number of amides is 1. The van der Waals surface area contributed by atoms with Crippen LogP contribution in [0.4, 0.5) is 5.69 Å². The lowest BCUT2D eigenvalue weighted by atomic mass is 10.4. The van der Waals surface area contributed by atoms with Crippen LogP contribution in [0.5, 0.6) is 0 Å². The molecule has 1 rings (SSSR count). The second kappa shape index (κ2) is 5.29. The first-order valence-corrected chi connectivity index (χ1v) is 4.90. The van der Waals surface area contributed by atoms with Gasteiger partial charge in [0, 0.05) is 7.11 Å². The number of nitrogens with zero attached hydrogens (tertiary/aromatic N) is 1. The van der Waals surface area contributed by atoms with Gasteiger partial charge in [-0.15, -0.1) is 0 Å². The van der Waals surface area contributed by atoms with Gasteiger partial charge in [-0.25, -0.2) is 4.98 Å². The third-order valence-electron chi connectivity index (χ3n) is 1.36. The standard InChI is InChI=1S/C8H8BrClN2O2/c1-14-4-7(13)12-5-2-6(9)8(10)11-3-5/h2-3H,4H2,1H3,(H,12,13). The van der Waals surface area contributed by atoms with Crippen molar-refractivity contribution in [1.29, 1.82) is 0 Å². The van der Waals surface area contributed by atoms with Gasteiger partial charge in [0.15, 0.2) is 0 Å². The van der Waals surface area contributed by atoms with E-state index in [1.165, 1.54) is 13.3 Å². The molecule has 0 unspecified atom stereocenters. The Kier molecular flexibility index (Phi) is 4.31. The lowest BCUT2D eigenvalue weighted by Crippen LogP contribution is -2.17. The summed E-state index contributed by atoms with van der Waals surface area (Å²) in [4.78, 5) is 15.0. The number of carbonyl (C=O) groups is 1. The number of aromatic nitrogens is 1. The number of halogens is 2. The Balaban J connectivity index is 2.68. The second-order valence-electron chi connectivity index (χ2n) is 2.48. The fourth-order valence-electron chi connectivity index (χ4n) is 0.818. The first kappa shape index (κ1) is 11.4. The molecule has 0 atom stereocenters. The molecule has 6 heteroatoms. The Labute approximate surface area is 94.7 Å². The number of hydrogen-bond donors (Lipinski definition) is 1. The monoisotopic (exact) mass is 278 g/mol. The average molecular weight is 280 g/mol. The molecule has 1 heterocycles. The van der Waals surface area contributed by atoms with Crippen molar-refractivity contribution in [1.82, 2.24) is 4.98 Å². The molecule has 4 nitrogen and oxygen atoms in total. The maximum atomic E-state index is 11.1. The van der Waals surface area contributed by atoms with Gasteiger partial charge in [-0.05, 0) is 22.0 Å². The minimum atomic E-state index is -0.233. The largest absolute Gasteiger partial charge is 0.375 e. The van der Waals surface area contributed by atoms with Crippen LogP contribution in [0, 0.1) is 0 Å². The minimum absolute atomic E-state index is 0.0141. The third kappa shape index (κ3) is 3.25. The first-order valence-electron chi connectivity index (χ1n) is 3.73. The fourth-order valence-corrected chi connectivity index (χ4v) is 1.27. The Morgan fingerprint density at radius 3 is 3.07 bits per heavy atom. The molecule has 0 aliphatic carbocycles. The maximum Gasteiger partial charge on any atom is 0.250 e. The highest BCUT2D eigenvalue weighted by atomic mass is 79.9. The number of pyridine rings is 1. The summed E-state index contributed by atoms with van der Waals surface area (Å²) in [7, 11) is 1.45. The van der Waals surface area contributed by atoms with Gasteiger partial charge in [0.25, 0.3) is 0 Å². The number of carbonyl (C=O) groups excluding carboxylic acids is 1. The number of methoxy groups -OCH3 is 1. The van der Waals surface area contributed by atoms with Crippen LogP contribution in [-0.2, 0) is 9.53 Å². The highest BCUT2D eigenvalue weighted by molar-refractivity contribution is 9.10. The fraction of sp³-hybridized carbons (Fsp3) is 0.250. The predicted molar refractivity (Wildman–Crippen MR) is 57.5 cm³/mol. The molecule has 0 saturated heterocycles. The van der Waals surface area contributed by atoms with Crippen LogP contribution in [0.25, 0.3) is 0 Å². The molecule has 0 saturated carbocycles. The van der Waals surface area contributed by atoms with E-state index in [1.807, 2.05) is 0 Å². The van der Waals surface area contributed by atoms with Gasteiger partial charge in [0.1, 0.15) is 11.8 Å². The van der Waals surface area contributed by atoms with Crippen LogP contribution in [0.15, 0.2) is 16.7 Å². The summed E-state index contributed by atoms with van der Waals surface area (Å²) in [6.07, 6.45) is 1.47. The molecule has 1 N–H and O–H groups in total. The molecule has 1 aromatic heterocycles. The molecule has 0 fully saturated rings. The molecular formula is C8H8BrClN2O2. The van der Waals surface area contributed by atoms with E-state index in [2.05, 4.69) is 31.0 Å². The molecule has 0 spiro atoms. The van der Waals surface area contributed by atoms with E-state index in [1.54, 1.807) is 6.07 Å². The molecule has 0 radical (unpaired) electrons. The van der Waals surface area contributed by atoms with E-state index in [0.29, 0.717) is 15.3 Å². The van der Waals surface area contributed by atoms with Crippen LogP contribution in [0.2, 0.25) is 5.15 Å². The molecule has 0 aliphatic rings. The van der Waals surface area contributed by atoms with Gasteiger partial charge in [0.05, 0.1) is 16.4 Å². The average Bonchev–Trinajstić information content (AvgIpc) is 2.12. The molecule has 0 aliphatic heterocycles. The zero-order valence-electron chi connectivity index (χ0n) is 7.38. The van der Waals surface area contributed by atoms with Crippen molar-refractivity contribution in [2.75, 3.05) is 19.0 Å². The lowest BCUT2D eigenvalue weighted by Gasteiger charge is -2.04. The van der Waals surface area contributed by atoms with Gasteiger partial charge >= 0.3 is 0 Å². The Morgan fingerprint density at radius 1 is 1.79 bits per heavy atom. The quantitative estimate of drug-likeness (QED) is 0.862. The molecule has 76 valence electrons. The van der Waals surface area contributed by atoms with E-state index in [-0.39, 0.29) is 12.5 Å². The van der Waals surface area contributed by atoms with Crippen LogP contribution in [-0.4, -0.2) is 24.6 Å². The number of nitrogens with one attached hydrogen (secondary N) is 1. The van der Waals surface area contributed by atoms with E-state index in [0.717, 1.165) is 0 Å². The van der Waals surface area contributed by atoms with Crippen molar-refractivity contribution in [3.63, 3.8) is 0 Å². The van der Waals surface area contributed by atoms with E-state index in [9.17, 15) is 4.79 Å². The number of hydrogen-bond acceptors (Lipinski definition) is 3. The van der Waals surface area contributed by atoms with Gasteiger partial charge in [-0.2, -0.15) is 0 Å². The highest BCUT2D eigenvalue weighted by Crippen LogP contribution is 2.22. The van der Waals surface area contributed by atoms with Crippen LogP contribution in [0.1, 0.15) is 0 Å². The summed E-state index contributed by atoms with van der Waals surface area (Å²) < 4.78 is 5.29. The van der Waals surface area contributed by atoms with Crippen molar-refractivity contribution < 1.29 is 9.53 Å². The van der Waals surface area contributed by atoms with Crippen molar-refractivity contribution in [2.24, 2.45) is 0 Å². The topological polar surface area (TPSA) is 51.2 Å². The zero-order valence-corrected chi connectivity index (χ0v) is 9.72. The van der Waals surface area contributed by atoms with Crippen molar-refractivity contribution in [3.05, 3.63) is 21.9 Å². The molecule has 14 heavy (non-hydrogen) atoms. The predicted octanol–water partition coefficient (Wildman–Crippen LogP) is 2.08. The molecular weight excluding hydrogens is 271 g/mol. The Hall–Kier alpha value is -0.650. The summed E-state index contributed by atoms with van der Waals surface area (Å²) in [6, 6.07) is 1.67. The van der Waals surface area contributed by atoms with E-state index in [4.69, 9.17) is 11.6 Å². The summed E-state index contributed by atoms with van der Waals surface area (Å²) in [5.74, 6) is -0.233. The number of ether oxygens (including phenoxy) is 1. The highest BCUT2D eigenvalue weighted by Gasteiger charge is 2.04. The normalized spacial score (nSPS) is 9.93. The van der Waals surface area contributed by atoms with Gasteiger partial charge in [-0.1, -0.05) is 11.6 Å². The zero-order chi connectivity index (χ0) is 10.6. The Bertz CT molecular complexity index is 346. The van der Waals surface area contributed by atoms with E-state index < -0.39 is 0 Å². The summed E-state index contributed by atoms with van der Waals surface area (Å²) in [5, 5.41) is 2.95. The van der Waals surface area contributed by atoms with Crippen LogP contribution < -0.4 is 5.32 Å². The lowest BCUT2D eigenvalue weighted by molar-refractivity contribution is -0.119. The third-order valence-corrected chi connectivity index (χ3v) is 2.49. The van der Waals surface area contributed by atoms with Crippen LogP contribution >= 0.6 is 27.5 Å². The van der Waals surface area contributed by atoms with Gasteiger partial charge < -0.3 is 10.1 Å². The molecule has 0 aromatic carbocycles. The van der Waals surface area contributed by atoms with Gasteiger partial charge in [0.2, 0.25) is 5.91 Å². The second-order valence-corrected chi connectivity index (χ2v) is 3.69. The molecule has 1 aromatic rings. The number of rotatable bonds is 3. The minimum Gasteiger partial charge on any atom is -0.375 e. The summed E-state index contributed by atoms with van der Waals surface area (Å²) >= 11 is 8.88. The van der Waals surface area contributed by atoms with Crippen molar-refractivity contribution in [3.8, 4) is 0 Å². The SMILES string of the molecule is COCC(=O)Nc1cnc(Cl)c(Br)c1. The molecule has 0 bridgehead atoms. The van der Waals surface area contributed by atoms with E-state index >= 15 is 0 Å². The summed E-state index contributed by atoms with van der Waals surface area (Å²) in [6.45, 7) is 0.0141. The summed E-state index contributed by atoms with van der Waals surface area (Å²) in [5.41, 5.74) is 0.573.